The third-order valence-electron chi connectivity index (χ3n) is 3.54. The molecule has 0 unspecified atom stereocenters. The summed E-state index contributed by atoms with van der Waals surface area (Å²) in [5.74, 6) is 0.139. The van der Waals surface area contributed by atoms with Crippen LogP contribution in [-0.4, -0.2) is 33.6 Å². The van der Waals surface area contributed by atoms with Crippen molar-refractivity contribution in [2.45, 2.75) is 31.2 Å². The van der Waals surface area contributed by atoms with E-state index < -0.39 is 16.0 Å². The molecule has 140 valence electrons. The molecule has 0 aromatic heterocycles. The molecule has 0 aliphatic rings. The maximum Gasteiger partial charge on any atom is 0.344 e. The Morgan fingerprint density at radius 2 is 1.73 bits per heavy atom. The molecule has 0 heterocycles. The Labute approximate surface area is 154 Å². The van der Waals surface area contributed by atoms with Crippen LogP contribution in [0.4, 0.5) is 0 Å². The average Bonchev–Trinajstić information content (AvgIpc) is 2.61. The molecule has 1 N–H and O–H groups in total. The van der Waals surface area contributed by atoms with Gasteiger partial charge in [0.15, 0.2) is 6.61 Å². The Balaban J connectivity index is 1.89. The van der Waals surface area contributed by atoms with Gasteiger partial charge >= 0.3 is 5.97 Å². The number of rotatable bonds is 9. The first kappa shape index (κ1) is 19.9. The van der Waals surface area contributed by atoms with Gasteiger partial charge in [0.05, 0.1) is 11.5 Å². The molecule has 6 nitrogen and oxygen atoms in total. The van der Waals surface area contributed by atoms with Gasteiger partial charge in [-0.3, -0.25) is 0 Å². The van der Waals surface area contributed by atoms with Gasteiger partial charge in [0.2, 0.25) is 10.0 Å². The third kappa shape index (κ3) is 6.16. The minimum atomic E-state index is -3.54. The SMILES string of the molecule is CCOC(=O)COc1ccc(C[C@H](C)NS(=O)(=O)c2ccccc2)cc1. The van der Waals surface area contributed by atoms with Crippen molar-refractivity contribution in [3.05, 3.63) is 60.2 Å². The van der Waals surface area contributed by atoms with E-state index in [0.717, 1.165) is 5.56 Å². The quantitative estimate of drug-likeness (QED) is 0.679. The standard InChI is InChI=1S/C19H23NO5S/c1-3-24-19(21)14-25-17-11-9-16(10-12-17)13-15(2)20-26(22,23)18-7-5-4-6-8-18/h4-12,15,20H,3,13-14H2,1-2H3/t15-/m0/s1. The highest BCUT2D eigenvalue weighted by Crippen LogP contribution is 2.15. The summed E-state index contributed by atoms with van der Waals surface area (Å²) in [4.78, 5) is 11.5. The van der Waals surface area contributed by atoms with Crippen molar-refractivity contribution in [1.29, 1.82) is 0 Å². The summed E-state index contributed by atoms with van der Waals surface area (Å²) >= 11 is 0. The van der Waals surface area contributed by atoms with Crippen LogP contribution in [-0.2, 0) is 26.0 Å². The molecule has 7 heteroatoms. The Bertz CT molecular complexity index is 804. The topological polar surface area (TPSA) is 81.7 Å². The summed E-state index contributed by atoms with van der Waals surface area (Å²) in [6.07, 6.45) is 0.532. The first-order valence-corrected chi connectivity index (χ1v) is 9.84. The second-order valence-corrected chi connectivity index (χ2v) is 7.49. The molecule has 2 aromatic carbocycles. The zero-order valence-electron chi connectivity index (χ0n) is 14.8. The van der Waals surface area contributed by atoms with Crippen LogP contribution in [0.15, 0.2) is 59.5 Å². The van der Waals surface area contributed by atoms with Gasteiger partial charge in [-0.2, -0.15) is 0 Å². The molecule has 0 saturated heterocycles. The minimum Gasteiger partial charge on any atom is -0.482 e. The highest BCUT2D eigenvalue weighted by atomic mass is 32.2. The van der Waals surface area contributed by atoms with Crippen molar-refractivity contribution < 1.29 is 22.7 Å². The van der Waals surface area contributed by atoms with Crippen LogP contribution in [0.1, 0.15) is 19.4 Å². The highest BCUT2D eigenvalue weighted by molar-refractivity contribution is 7.89. The van der Waals surface area contributed by atoms with Crippen LogP contribution >= 0.6 is 0 Å². The van der Waals surface area contributed by atoms with E-state index in [1.807, 2.05) is 19.1 Å². The highest BCUT2D eigenvalue weighted by Gasteiger charge is 2.17. The van der Waals surface area contributed by atoms with Crippen molar-refractivity contribution >= 4 is 16.0 Å². The van der Waals surface area contributed by atoms with Crippen molar-refractivity contribution in [2.75, 3.05) is 13.2 Å². The van der Waals surface area contributed by atoms with Gasteiger partial charge in [0.1, 0.15) is 5.75 Å². The predicted molar refractivity (Wildman–Crippen MR) is 98.5 cm³/mol. The fraction of sp³-hybridized carbons (Fsp3) is 0.316. The first-order chi connectivity index (χ1) is 12.4. The van der Waals surface area contributed by atoms with Gasteiger partial charge in [-0.05, 0) is 50.1 Å². The van der Waals surface area contributed by atoms with Crippen LogP contribution < -0.4 is 9.46 Å². The first-order valence-electron chi connectivity index (χ1n) is 8.35. The van der Waals surface area contributed by atoms with E-state index in [-0.39, 0.29) is 17.5 Å². The normalized spacial score (nSPS) is 12.4. The fourth-order valence-electron chi connectivity index (χ4n) is 2.39. The zero-order valence-corrected chi connectivity index (χ0v) is 15.7. The number of benzene rings is 2. The number of esters is 1. The van der Waals surface area contributed by atoms with Gasteiger partial charge in [-0.1, -0.05) is 30.3 Å². The lowest BCUT2D eigenvalue weighted by Gasteiger charge is -2.15. The number of hydrogen-bond acceptors (Lipinski definition) is 5. The van der Waals surface area contributed by atoms with Crippen LogP contribution in [0.5, 0.6) is 5.75 Å². The van der Waals surface area contributed by atoms with Crippen molar-refractivity contribution in [3.63, 3.8) is 0 Å². The van der Waals surface area contributed by atoms with E-state index in [0.29, 0.717) is 18.8 Å². The van der Waals surface area contributed by atoms with Crippen LogP contribution in [0.2, 0.25) is 0 Å². The third-order valence-corrected chi connectivity index (χ3v) is 5.14. The van der Waals surface area contributed by atoms with E-state index >= 15 is 0 Å². The maximum atomic E-state index is 12.3. The van der Waals surface area contributed by atoms with Gasteiger partial charge in [0.25, 0.3) is 0 Å². The molecule has 0 saturated carbocycles. The lowest BCUT2D eigenvalue weighted by atomic mass is 10.1. The second kappa shape index (κ2) is 9.35. The number of hydrogen-bond donors (Lipinski definition) is 1. The van der Waals surface area contributed by atoms with Crippen LogP contribution in [0.3, 0.4) is 0 Å². The van der Waals surface area contributed by atoms with Gasteiger partial charge < -0.3 is 9.47 Å². The Morgan fingerprint density at radius 1 is 1.08 bits per heavy atom. The largest absolute Gasteiger partial charge is 0.482 e. The molecule has 2 aromatic rings. The molecule has 0 radical (unpaired) electrons. The number of sulfonamides is 1. The Kier molecular flexibility index (Phi) is 7.17. The smallest absolute Gasteiger partial charge is 0.344 e. The molecule has 1 atom stereocenters. The van der Waals surface area contributed by atoms with Gasteiger partial charge in [-0.25, -0.2) is 17.9 Å². The van der Waals surface area contributed by atoms with E-state index in [1.54, 1.807) is 49.4 Å². The maximum absolute atomic E-state index is 12.3. The Morgan fingerprint density at radius 3 is 2.35 bits per heavy atom. The molecule has 2 rings (SSSR count). The second-order valence-electron chi connectivity index (χ2n) is 5.78. The van der Waals surface area contributed by atoms with E-state index in [1.165, 1.54) is 0 Å². The van der Waals surface area contributed by atoms with Crippen molar-refractivity contribution in [1.82, 2.24) is 4.72 Å². The summed E-state index contributed by atoms with van der Waals surface area (Å²) < 4.78 is 37.4. The molecule has 0 aliphatic heterocycles. The minimum absolute atomic E-state index is 0.138. The molecular formula is C19H23NO5S. The van der Waals surface area contributed by atoms with E-state index in [2.05, 4.69) is 4.72 Å². The molecule has 0 fully saturated rings. The zero-order chi connectivity index (χ0) is 19.0. The van der Waals surface area contributed by atoms with E-state index in [4.69, 9.17) is 9.47 Å². The summed E-state index contributed by atoms with van der Waals surface area (Å²) in [7, 11) is -3.54. The fourth-order valence-corrected chi connectivity index (χ4v) is 3.66. The number of ether oxygens (including phenoxy) is 2. The summed E-state index contributed by atoms with van der Waals surface area (Å²) in [5, 5.41) is 0. The molecule has 0 amide bonds. The predicted octanol–water partition coefficient (Wildman–Crippen LogP) is 2.54. The lowest BCUT2D eigenvalue weighted by Crippen LogP contribution is -2.34. The number of nitrogens with one attached hydrogen (secondary N) is 1. The molecular weight excluding hydrogens is 354 g/mol. The number of carbonyl (C=O) groups excluding carboxylic acids is 1. The lowest BCUT2D eigenvalue weighted by molar-refractivity contribution is -0.145. The van der Waals surface area contributed by atoms with E-state index in [9.17, 15) is 13.2 Å². The average molecular weight is 377 g/mol. The molecule has 26 heavy (non-hydrogen) atoms. The number of carbonyl (C=O) groups is 1. The van der Waals surface area contributed by atoms with Crippen molar-refractivity contribution in [3.8, 4) is 5.75 Å². The molecule has 0 bridgehead atoms. The molecule has 0 spiro atoms. The molecule has 0 aliphatic carbocycles. The van der Waals surface area contributed by atoms with Crippen molar-refractivity contribution in [2.24, 2.45) is 0 Å². The van der Waals surface area contributed by atoms with Crippen LogP contribution in [0, 0.1) is 0 Å². The Hall–Kier alpha value is -2.38. The van der Waals surface area contributed by atoms with Gasteiger partial charge in [-0.15, -0.1) is 0 Å². The monoisotopic (exact) mass is 377 g/mol. The van der Waals surface area contributed by atoms with Crippen LogP contribution in [0.25, 0.3) is 0 Å². The summed E-state index contributed by atoms with van der Waals surface area (Å²) in [6.45, 7) is 3.73. The summed E-state index contributed by atoms with van der Waals surface area (Å²) in [6, 6.07) is 15.2. The van der Waals surface area contributed by atoms with Gasteiger partial charge in [0, 0.05) is 6.04 Å². The summed E-state index contributed by atoms with van der Waals surface area (Å²) in [5.41, 5.74) is 0.955.